The number of aromatic nitrogens is 1. The first-order chi connectivity index (χ1) is 9.10. The van der Waals surface area contributed by atoms with E-state index in [1.165, 1.54) is 11.3 Å². The zero-order valence-corrected chi connectivity index (χ0v) is 12.5. The van der Waals surface area contributed by atoms with E-state index in [0.717, 1.165) is 15.8 Å². The summed E-state index contributed by atoms with van der Waals surface area (Å²) in [4.78, 5) is 15.4. The van der Waals surface area contributed by atoms with Crippen LogP contribution in [0.15, 0.2) is 28.1 Å². The average molecular weight is 342 g/mol. The van der Waals surface area contributed by atoms with Gasteiger partial charge in [0.1, 0.15) is 12.4 Å². The number of halogens is 1. The van der Waals surface area contributed by atoms with Gasteiger partial charge in [-0.05, 0) is 24.6 Å². The minimum Gasteiger partial charge on any atom is -0.487 e. The zero-order chi connectivity index (χ0) is 13.8. The van der Waals surface area contributed by atoms with Crippen molar-refractivity contribution >= 4 is 33.2 Å². The van der Waals surface area contributed by atoms with E-state index in [1.54, 1.807) is 5.38 Å². The van der Waals surface area contributed by atoms with Crippen LogP contribution in [-0.2, 0) is 6.61 Å². The molecule has 100 valence electrons. The Bertz CT molecular complexity index is 600. The second kappa shape index (κ2) is 6.14. The minimum absolute atomic E-state index is 0.311. The lowest BCUT2D eigenvalue weighted by atomic mass is 10.2. The van der Waals surface area contributed by atoms with Crippen molar-refractivity contribution in [3.8, 4) is 5.75 Å². The Morgan fingerprint density at radius 3 is 3.11 bits per heavy atom. The number of nitrogens with one attached hydrogen (secondary N) is 1. The molecule has 0 fully saturated rings. The first kappa shape index (κ1) is 14.0. The van der Waals surface area contributed by atoms with Crippen LogP contribution in [0.1, 0.15) is 21.1 Å². The molecule has 0 aliphatic heterocycles. The van der Waals surface area contributed by atoms with Crippen molar-refractivity contribution in [2.45, 2.75) is 13.5 Å². The number of hydrogen-bond acceptors (Lipinski definition) is 5. The van der Waals surface area contributed by atoms with Crippen molar-refractivity contribution in [1.82, 2.24) is 10.4 Å². The number of thiazole rings is 1. The van der Waals surface area contributed by atoms with E-state index in [9.17, 15) is 4.79 Å². The molecule has 1 heterocycles. The van der Waals surface area contributed by atoms with E-state index in [4.69, 9.17) is 10.6 Å². The number of hydrazine groups is 1. The molecule has 0 atom stereocenters. The van der Waals surface area contributed by atoms with Gasteiger partial charge >= 0.3 is 0 Å². The fraction of sp³-hybridized carbons (Fsp3) is 0.167. The summed E-state index contributed by atoms with van der Waals surface area (Å²) in [5, 5.41) is 2.10. The maximum atomic E-state index is 11.3. The maximum Gasteiger partial charge on any atom is 0.294 e. The Morgan fingerprint density at radius 2 is 2.37 bits per heavy atom. The standard InChI is InChI=1S/C12H12BrN3O2S/c1-7-2-3-8(13)4-10(7)18-5-9-6-19-12(15-9)11(17)16-14/h2-4,6H,5,14H2,1H3,(H,16,17). The lowest BCUT2D eigenvalue weighted by Crippen LogP contribution is -2.29. The van der Waals surface area contributed by atoms with Gasteiger partial charge in [-0.3, -0.25) is 10.2 Å². The molecule has 0 saturated heterocycles. The smallest absolute Gasteiger partial charge is 0.294 e. The number of ether oxygens (including phenoxy) is 1. The van der Waals surface area contributed by atoms with Crippen molar-refractivity contribution in [2.75, 3.05) is 0 Å². The van der Waals surface area contributed by atoms with Crippen LogP contribution < -0.4 is 16.0 Å². The number of carbonyl (C=O) groups is 1. The number of rotatable bonds is 4. The van der Waals surface area contributed by atoms with Crippen LogP contribution in [0.5, 0.6) is 5.75 Å². The molecule has 2 aromatic rings. The van der Waals surface area contributed by atoms with Crippen LogP contribution >= 0.6 is 27.3 Å². The van der Waals surface area contributed by atoms with Crippen molar-refractivity contribution in [1.29, 1.82) is 0 Å². The molecule has 0 radical (unpaired) electrons. The SMILES string of the molecule is Cc1ccc(Br)cc1OCc1csc(C(=O)NN)n1. The fourth-order valence-corrected chi connectivity index (χ4v) is 2.46. The minimum atomic E-state index is -0.394. The van der Waals surface area contributed by atoms with Crippen LogP contribution in [0, 0.1) is 6.92 Å². The van der Waals surface area contributed by atoms with Crippen molar-refractivity contribution in [3.05, 3.63) is 44.3 Å². The first-order valence-electron chi connectivity index (χ1n) is 5.44. The lowest BCUT2D eigenvalue weighted by Gasteiger charge is -2.07. The molecule has 19 heavy (non-hydrogen) atoms. The maximum absolute atomic E-state index is 11.3. The summed E-state index contributed by atoms with van der Waals surface area (Å²) in [6.45, 7) is 2.28. The van der Waals surface area contributed by atoms with Gasteiger partial charge in [0.2, 0.25) is 0 Å². The molecule has 7 heteroatoms. The van der Waals surface area contributed by atoms with E-state index in [-0.39, 0.29) is 0 Å². The van der Waals surface area contributed by atoms with Crippen molar-refractivity contribution in [3.63, 3.8) is 0 Å². The molecule has 5 nitrogen and oxygen atoms in total. The summed E-state index contributed by atoms with van der Waals surface area (Å²) >= 11 is 4.63. The second-order valence-corrected chi connectivity index (χ2v) is 5.59. The van der Waals surface area contributed by atoms with Crippen LogP contribution in [-0.4, -0.2) is 10.9 Å². The molecule has 0 spiro atoms. The molecule has 2 rings (SSSR count). The summed E-state index contributed by atoms with van der Waals surface area (Å²) in [5.41, 5.74) is 3.78. The highest BCUT2D eigenvalue weighted by atomic mass is 79.9. The quantitative estimate of drug-likeness (QED) is 0.508. The summed E-state index contributed by atoms with van der Waals surface area (Å²) in [5.74, 6) is 5.44. The van der Waals surface area contributed by atoms with E-state index < -0.39 is 5.91 Å². The van der Waals surface area contributed by atoms with Crippen LogP contribution in [0.2, 0.25) is 0 Å². The lowest BCUT2D eigenvalue weighted by molar-refractivity contribution is 0.0953. The molecular weight excluding hydrogens is 330 g/mol. The highest BCUT2D eigenvalue weighted by Crippen LogP contribution is 2.24. The van der Waals surface area contributed by atoms with E-state index >= 15 is 0 Å². The summed E-state index contributed by atoms with van der Waals surface area (Å²) in [7, 11) is 0. The Hall–Kier alpha value is -1.44. The molecule has 1 aromatic carbocycles. The number of aryl methyl sites for hydroxylation is 1. The molecular formula is C12H12BrN3O2S. The number of hydrogen-bond donors (Lipinski definition) is 2. The van der Waals surface area contributed by atoms with Crippen LogP contribution in [0.4, 0.5) is 0 Å². The third-order valence-corrected chi connectivity index (χ3v) is 3.79. The number of nitrogens with zero attached hydrogens (tertiary/aromatic N) is 1. The molecule has 0 unspecified atom stereocenters. The molecule has 1 amide bonds. The summed E-state index contributed by atoms with van der Waals surface area (Å²) < 4.78 is 6.63. The van der Waals surface area contributed by atoms with E-state index in [2.05, 4.69) is 20.9 Å². The average Bonchev–Trinajstić information content (AvgIpc) is 2.88. The van der Waals surface area contributed by atoms with E-state index in [1.807, 2.05) is 30.5 Å². The Balaban J connectivity index is 2.04. The third-order valence-electron chi connectivity index (χ3n) is 2.40. The molecule has 3 N–H and O–H groups in total. The van der Waals surface area contributed by atoms with Gasteiger partial charge in [0.05, 0.1) is 5.69 Å². The predicted octanol–water partition coefficient (Wildman–Crippen LogP) is 2.40. The normalized spacial score (nSPS) is 10.3. The van der Waals surface area contributed by atoms with Gasteiger partial charge in [0.15, 0.2) is 5.01 Å². The second-order valence-electron chi connectivity index (χ2n) is 3.82. The molecule has 0 bridgehead atoms. The number of carbonyl (C=O) groups excluding carboxylic acids is 1. The van der Waals surface area contributed by atoms with Crippen molar-refractivity contribution < 1.29 is 9.53 Å². The van der Waals surface area contributed by atoms with Crippen LogP contribution in [0.25, 0.3) is 0 Å². The van der Waals surface area contributed by atoms with Gasteiger partial charge in [-0.15, -0.1) is 11.3 Å². The molecule has 1 aromatic heterocycles. The predicted molar refractivity (Wildman–Crippen MR) is 77.0 cm³/mol. The van der Waals surface area contributed by atoms with Gasteiger partial charge < -0.3 is 4.74 Å². The number of nitrogens with two attached hydrogens (primary N) is 1. The van der Waals surface area contributed by atoms with Gasteiger partial charge in [0, 0.05) is 9.85 Å². The highest BCUT2D eigenvalue weighted by molar-refractivity contribution is 9.10. The van der Waals surface area contributed by atoms with Gasteiger partial charge in [-0.2, -0.15) is 0 Å². The zero-order valence-electron chi connectivity index (χ0n) is 10.1. The molecule has 0 aliphatic rings. The fourth-order valence-electron chi connectivity index (χ4n) is 1.42. The van der Waals surface area contributed by atoms with Crippen LogP contribution in [0.3, 0.4) is 0 Å². The van der Waals surface area contributed by atoms with Gasteiger partial charge in [-0.25, -0.2) is 10.8 Å². The Morgan fingerprint density at radius 1 is 1.58 bits per heavy atom. The summed E-state index contributed by atoms with van der Waals surface area (Å²) in [6.07, 6.45) is 0. The van der Waals surface area contributed by atoms with Gasteiger partial charge in [0.25, 0.3) is 5.91 Å². The Labute approximate surface area is 122 Å². The molecule has 0 aliphatic carbocycles. The first-order valence-corrected chi connectivity index (χ1v) is 7.11. The number of nitrogen functional groups attached to an aromatic ring is 1. The number of amides is 1. The third kappa shape index (κ3) is 3.52. The monoisotopic (exact) mass is 341 g/mol. The van der Waals surface area contributed by atoms with Crippen molar-refractivity contribution in [2.24, 2.45) is 5.84 Å². The largest absolute Gasteiger partial charge is 0.487 e. The van der Waals surface area contributed by atoms with Gasteiger partial charge in [-0.1, -0.05) is 22.0 Å². The Kier molecular flexibility index (Phi) is 4.52. The molecule has 0 saturated carbocycles. The summed E-state index contributed by atoms with van der Waals surface area (Å²) in [6, 6.07) is 5.82. The highest BCUT2D eigenvalue weighted by Gasteiger charge is 2.10. The topological polar surface area (TPSA) is 77.2 Å². The van der Waals surface area contributed by atoms with E-state index in [0.29, 0.717) is 17.3 Å². The number of benzene rings is 1.